The fourth-order valence-corrected chi connectivity index (χ4v) is 3.53. The monoisotopic (exact) mass is 380 g/mol. The summed E-state index contributed by atoms with van der Waals surface area (Å²) >= 11 is 0. The van der Waals surface area contributed by atoms with Gasteiger partial charge in [0.05, 0.1) is 12.1 Å². The van der Waals surface area contributed by atoms with Gasteiger partial charge in [-0.3, -0.25) is 4.79 Å². The summed E-state index contributed by atoms with van der Waals surface area (Å²) in [5, 5.41) is 11.2. The number of aryl methyl sites for hydroxylation is 1. The Morgan fingerprint density at radius 2 is 2.18 bits per heavy atom. The Hall–Kier alpha value is -3.09. The Bertz CT molecular complexity index is 1030. The van der Waals surface area contributed by atoms with Gasteiger partial charge in [-0.2, -0.15) is 0 Å². The first-order valence-corrected chi connectivity index (χ1v) is 9.65. The summed E-state index contributed by atoms with van der Waals surface area (Å²) in [4.78, 5) is 12.7. The van der Waals surface area contributed by atoms with Gasteiger partial charge in [0, 0.05) is 36.2 Å². The van der Waals surface area contributed by atoms with E-state index in [2.05, 4.69) is 15.6 Å². The average Bonchev–Trinajstić information content (AvgIpc) is 3.27. The second-order valence-corrected chi connectivity index (χ2v) is 6.92. The third kappa shape index (κ3) is 3.40. The van der Waals surface area contributed by atoms with E-state index in [4.69, 9.17) is 9.47 Å². The normalized spacial score (nSPS) is 15.3. The number of rotatable bonds is 6. The zero-order valence-electron chi connectivity index (χ0n) is 16.4. The van der Waals surface area contributed by atoms with Crippen molar-refractivity contribution in [2.75, 3.05) is 6.61 Å². The molecule has 1 N–H and O–H groups in total. The van der Waals surface area contributed by atoms with Gasteiger partial charge < -0.3 is 14.8 Å². The summed E-state index contributed by atoms with van der Waals surface area (Å²) in [5.41, 5.74) is 4.24. The highest BCUT2D eigenvalue weighted by molar-refractivity contribution is 5.97. The zero-order chi connectivity index (χ0) is 19.7. The van der Waals surface area contributed by atoms with Crippen LogP contribution in [0.2, 0.25) is 0 Å². The van der Waals surface area contributed by atoms with E-state index < -0.39 is 0 Å². The average molecular weight is 380 g/mol. The van der Waals surface area contributed by atoms with Crippen LogP contribution in [0.4, 0.5) is 0 Å². The minimum Gasteiger partial charge on any atom is -0.494 e. The van der Waals surface area contributed by atoms with Crippen molar-refractivity contribution in [1.29, 1.82) is 0 Å². The Balaban J connectivity index is 1.52. The second-order valence-electron chi connectivity index (χ2n) is 6.92. The van der Waals surface area contributed by atoms with E-state index in [9.17, 15) is 4.79 Å². The van der Waals surface area contributed by atoms with Crippen LogP contribution in [0.1, 0.15) is 42.3 Å². The third-order valence-corrected chi connectivity index (χ3v) is 4.89. The van der Waals surface area contributed by atoms with Gasteiger partial charge in [-0.15, -0.1) is 5.10 Å². The van der Waals surface area contributed by atoms with Crippen molar-refractivity contribution in [2.24, 2.45) is 0 Å². The topological polar surface area (TPSA) is 78.3 Å². The maximum absolute atomic E-state index is 12.7. The molecule has 0 fully saturated rings. The summed E-state index contributed by atoms with van der Waals surface area (Å²) in [6.07, 6.45) is 1.04. The molecule has 0 saturated heterocycles. The first kappa shape index (κ1) is 18.3. The molecule has 0 radical (unpaired) electrons. The molecular weight excluding hydrogens is 356 g/mol. The van der Waals surface area contributed by atoms with Crippen LogP contribution in [0.25, 0.3) is 11.0 Å². The molecule has 1 atom stereocenters. The van der Waals surface area contributed by atoms with E-state index in [1.807, 2.05) is 39.0 Å². The SMILES string of the molecule is CCOc1cc2c(cc1CNC(=O)c1ccc3c(c1)nnn3CC)O[C@@H](C)C2. The van der Waals surface area contributed by atoms with Crippen LogP contribution in [0.3, 0.4) is 0 Å². The number of hydrogen-bond donors (Lipinski definition) is 1. The number of benzene rings is 2. The molecule has 1 amide bonds. The first-order valence-electron chi connectivity index (χ1n) is 9.65. The number of ether oxygens (including phenoxy) is 2. The smallest absolute Gasteiger partial charge is 0.251 e. The van der Waals surface area contributed by atoms with Crippen LogP contribution >= 0.6 is 0 Å². The quantitative estimate of drug-likeness (QED) is 0.711. The Kier molecular flexibility index (Phi) is 4.90. The fraction of sp³-hybridized carbons (Fsp3) is 0.381. The fourth-order valence-electron chi connectivity index (χ4n) is 3.53. The molecule has 146 valence electrons. The largest absolute Gasteiger partial charge is 0.494 e. The Morgan fingerprint density at radius 1 is 1.32 bits per heavy atom. The second kappa shape index (κ2) is 7.50. The maximum atomic E-state index is 12.7. The summed E-state index contributed by atoms with van der Waals surface area (Å²) in [5.74, 6) is 1.50. The minimum absolute atomic E-state index is 0.162. The number of fused-ring (bicyclic) bond motifs is 2. The molecule has 1 aliphatic rings. The van der Waals surface area contributed by atoms with Crippen molar-refractivity contribution >= 4 is 16.9 Å². The van der Waals surface area contributed by atoms with Crippen molar-refractivity contribution in [3.63, 3.8) is 0 Å². The van der Waals surface area contributed by atoms with Gasteiger partial charge in [0.2, 0.25) is 0 Å². The number of nitrogens with zero attached hydrogens (tertiary/aromatic N) is 3. The summed E-state index contributed by atoms with van der Waals surface area (Å²) in [6, 6.07) is 9.44. The van der Waals surface area contributed by atoms with Crippen molar-refractivity contribution in [3.8, 4) is 11.5 Å². The van der Waals surface area contributed by atoms with Crippen LogP contribution in [0, 0.1) is 0 Å². The molecule has 1 aliphatic heterocycles. The zero-order valence-corrected chi connectivity index (χ0v) is 16.4. The molecule has 7 heteroatoms. The van der Waals surface area contributed by atoms with Gasteiger partial charge >= 0.3 is 0 Å². The first-order chi connectivity index (χ1) is 13.6. The van der Waals surface area contributed by atoms with Gasteiger partial charge in [-0.25, -0.2) is 4.68 Å². The highest BCUT2D eigenvalue weighted by Gasteiger charge is 2.22. The summed E-state index contributed by atoms with van der Waals surface area (Å²) in [7, 11) is 0. The molecule has 28 heavy (non-hydrogen) atoms. The van der Waals surface area contributed by atoms with Crippen LogP contribution in [-0.4, -0.2) is 33.6 Å². The molecule has 0 aliphatic carbocycles. The maximum Gasteiger partial charge on any atom is 0.251 e. The number of hydrogen-bond acceptors (Lipinski definition) is 5. The van der Waals surface area contributed by atoms with E-state index in [-0.39, 0.29) is 12.0 Å². The van der Waals surface area contributed by atoms with Crippen LogP contribution in [-0.2, 0) is 19.5 Å². The van der Waals surface area contributed by atoms with Crippen molar-refractivity contribution in [3.05, 3.63) is 47.0 Å². The van der Waals surface area contributed by atoms with Gasteiger partial charge in [0.15, 0.2) is 0 Å². The van der Waals surface area contributed by atoms with Crippen molar-refractivity contribution < 1.29 is 14.3 Å². The molecule has 0 saturated carbocycles. The predicted molar refractivity (Wildman–Crippen MR) is 106 cm³/mol. The van der Waals surface area contributed by atoms with E-state index in [0.29, 0.717) is 24.2 Å². The highest BCUT2D eigenvalue weighted by Crippen LogP contribution is 2.35. The molecule has 7 nitrogen and oxygen atoms in total. The van der Waals surface area contributed by atoms with Gasteiger partial charge in [-0.05, 0) is 51.1 Å². The Morgan fingerprint density at radius 3 is 2.96 bits per heavy atom. The molecule has 4 rings (SSSR count). The molecule has 0 spiro atoms. The third-order valence-electron chi connectivity index (χ3n) is 4.89. The standard InChI is InChI=1S/C21H24N4O3/c1-4-25-18-7-6-14(9-17(18)23-24-25)21(26)22-12-16-11-20-15(8-13(3)28-20)10-19(16)27-5-2/h6-7,9-11,13H,4-5,8,12H2,1-3H3,(H,22,26)/t13-/m0/s1. The van der Waals surface area contributed by atoms with Gasteiger partial charge in [0.25, 0.3) is 5.91 Å². The Labute approximate surface area is 163 Å². The predicted octanol–water partition coefficient (Wildman–Crippen LogP) is 3.10. The van der Waals surface area contributed by atoms with Gasteiger partial charge in [-0.1, -0.05) is 5.21 Å². The molecule has 3 aromatic rings. The lowest BCUT2D eigenvalue weighted by Crippen LogP contribution is -2.23. The molecular formula is C21H24N4O3. The number of nitrogens with one attached hydrogen (secondary N) is 1. The lowest BCUT2D eigenvalue weighted by molar-refractivity contribution is 0.0950. The van der Waals surface area contributed by atoms with Crippen molar-refractivity contribution in [2.45, 2.75) is 46.4 Å². The summed E-state index contributed by atoms with van der Waals surface area (Å²) < 4.78 is 13.4. The molecule has 2 aromatic carbocycles. The number of carbonyl (C=O) groups excluding carboxylic acids is 1. The van der Waals surface area contributed by atoms with E-state index in [0.717, 1.165) is 41.1 Å². The highest BCUT2D eigenvalue weighted by atomic mass is 16.5. The van der Waals surface area contributed by atoms with Crippen LogP contribution in [0.15, 0.2) is 30.3 Å². The van der Waals surface area contributed by atoms with Crippen LogP contribution < -0.4 is 14.8 Å². The minimum atomic E-state index is -0.162. The van der Waals surface area contributed by atoms with E-state index in [1.165, 1.54) is 0 Å². The molecule has 0 unspecified atom stereocenters. The number of aromatic nitrogens is 3. The van der Waals surface area contributed by atoms with Gasteiger partial charge in [0.1, 0.15) is 23.1 Å². The summed E-state index contributed by atoms with van der Waals surface area (Å²) in [6.45, 7) is 7.67. The van der Waals surface area contributed by atoms with E-state index >= 15 is 0 Å². The lowest BCUT2D eigenvalue weighted by atomic mass is 10.1. The van der Waals surface area contributed by atoms with Crippen molar-refractivity contribution in [1.82, 2.24) is 20.3 Å². The number of amides is 1. The number of carbonyl (C=O) groups is 1. The van der Waals surface area contributed by atoms with Crippen LogP contribution in [0.5, 0.6) is 11.5 Å². The molecule has 1 aromatic heterocycles. The lowest BCUT2D eigenvalue weighted by Gasteiger charge is -2.13. The molecule has 2 heterocycles. The van der Waals surface area contributed by atoms with E-state index in [1.54, 1.807) is 16.8 Å². The molecule has 0 bridgehead atoms.